The molecular formula is C24H25N3O. The fraction of sp³-hybridized carbons (Fsp3) is 0.250. The highest BCUT2D eigenvalue weighted by Crippen LogP contribution is 2.23. The molecule has 2 aromatic carbocycles. The van der Waals surface area contributed by atoms with Gasteiger partial charge in [-0.05, 0) is 24.3 Å². The molecule has 1 heterocycles. The lowest BCUT2D eigenvalue weighted by Gasteiger charge is -2.09. The van der Waals surface area contributed by atoms with Crippen LogP contribution in [0.5, 0.6) is 0 Å². The van der Waals surface area contributed by atoms with Crippen molar-refractivity contribution in [2.45, 2.75) is 32.4 Å². The van der Waals surface area contributed by atoms with Crippen molar-refractivity contribution in [2.24, 2.45) is 5.92 Å². The lowest BCUT2D eigenvalue weighted by Crippen LogP contribution is -2.24. The van der Waals surface area contributed by atoms with Gasteiger partial charge in [-0.15, -0.1) is 0 Å². The molecule has 1 atom stereocenters. The van der Waals surface area contributed by atoms with Gasteiger partial charge in [-0.2, -0.15) is 5.10 Å². The molecule has 0 saturated heterocycles. The van der Waals surface area contributed by atoms with Crippen LogP contribution in [0.2, 0.25) is 0 Å². The summed E-state index contributed by atoms with van der Waals surface area (Å²) in [7, 11) is 0. The van der Waals surface area contributed by atoms with Crippen LogP contribution in [0.4, 0.5) is 0 Å². The Bertz CT molecular complexity index is 944. The Hall–Kier alpha value is -3.14. The third-order valence-corrected chi connectivity index (χ3v) is 5.11. The number of carbonyl (C=O) groups is 1. The number of allylic oxidation sites excluding steroid dienone is 2. The van der Waals surface area contributed by atoms with Crippen LogP contribution in [0, 0.1) is 5.92 Å². The SMILES string of the molecule is O=C(CC1C=CCC1)NCc1cn(Cc2ccccc2)nc1-c1ccccc1. The van der Waals surface area contributed by atoms with Gasteiger partial charge in [0.15, 0.2) is 0 Å². The summed E-state index contributed by atoms with van der Waals surface area (Å²) < 4.78 is 1.96. The molecule has 1 N–H and O–H groups in total. The van der Waals surface area contributed by atoms with E-state index in [1.807, 2.05) is 47.3 Å². The highest BCUT2D eigenvalue weighted by molar-refractivity contribution is 5.76. The van der Waals surface area contributed by atoms with Crippen LogP contribution in [0.1, 0.15) is 30.4 Å². The summed E-state index contributed by atoms with van der Waals surface area (Å²) >= 11 is 0. The predicted octanol–water partition coefficient (Wildman–Crippen LogP) is 4.57. The molecule has 0 aliphatic heterocycles. The minimum atomic E-state index is 0.103. The van der Waals surface area contributed by atoms with E-state index in [0.717, 1.165) is 29.7 Å². The maximum Gasteiger partial charge on any atom is 0.220 e. The highest BCUT2D eigenvalue weighted by Gasteiger charge is 2.16. The van der Waals surface area contributed by atoms with E-state index in [-0.39, 0.29) is 5.91 Å². The van der Waals surface area contributed by atoms with Crippen LogP contribution >= 0.6 is 0 Å². The molecule has 4 rings (SSSR count). The van der Waals surface area contributed by atoms with E-state index in [9.17, 15) is 4.79 Å². The predicted molar refractivity (Wildman–Crippen MR) is 112 cm³/mol. The maximum absolute atomic E-state index is 12.3. The lowest BCUT2D eigenvalue weighted by atomic mass is 10.0. The largest absolute Gasteiger partial charge is 0.352 e. The van der Waals surface area contributed by atoms with E-state index in [1.165, 1.54) is 5.56 Å². The van der Waals surface area contributed by atoms with Crippen LogP contribution in [-0.4, -0.2) is 15.7 Å². The highest BCUT2D eigenvalue weighted by atomic mass is 16.1. The summed E-state index contributed by atoms with van der Waals surface area (Å²) in [6.07, 6.45) is 9.10. The molecule has 3 aromatic rings. The fourth-order valence-electron chi connectivity index (χ4n) is 3.65. The summed E-state index contributed by atoms with van der Waals surface area (Å²) in [5.41, 5.74) is 4.24. The summed E-state index contributed by atoms with van der Waals surface area (Å²) in [6.45, 7) is 1.20. The zero-order chi connectivity index (χ0) is 19.2. The number of benzene rings is 2. The van der Waals surface area contributed by atoms with E-state index >= 15 is 0 Å². The van der Waals surface area contributed by atoms with Gasteiger partial charge in [0.05, 0.1) is 12.2 Å². The van der Waals surface area contributed by atoms with Gasteiger partial charge in [-0.25, -0.2) is 0 Å². The summed E-state index contributed by atoms with van der Waals surface area (Å²) in [5.74, 6) is 0.487. The average Bonchev–Trinajstić information content (AvgIpc) is 3.38. The molecule has 1 aromatic heterocycles. The fourth-order valence-corrected chi connectivity index (χ4v) is 3.65. The van der Waals surface area contributed by atoms with E-state index in [4.69, 9.17) is 5.10 Å². The molecule has 0 saturated carbocycles. The van der Waals surface area contributed by atoms with E-state index in [2.05, 4.69) is 41.7 Å². The first-order valence-electron chi connectivity index (χ1n) is 9.87. The van der Waals surface area contributed by atoms with Gasteiger partial charge in [0.1, 0.15) is 0 Å². The Kier molecular flexibility index (Phi) is 5.66. The summed E-state index contributed by atoms with van der Waals surface area (Å²) in [5, 5.41) is 7.90. The summed E-state index contributed by atoms with van der Waals surface area (Å²) in [4.78, 5) is 12.3. The number of amides is 1. The molecule has 0 radical (unpaired) electrons. The monoisotopic (exact) mass is 371 g/mol. The third-order valence-electron chi connectivity index (χ3n) is 5.11. The zero-order valence-electron chi connectivity index (χ0n) is 15.9. The second kappa shape index (κ2) is 8.70. The van der Waals surface area contributed by atoms with Crippen molar-refractivity contribution in [3.8, 4) is 11.3 Å². The molecule has 0 bridgehead atoms. The Morgan fingerprint density at radius 2 is 1.82 bits per heavy atom. The average molecular weight is 371 g/mol. The van der Waals surface area contributed by atoms with Crippen LogP contribution in [0.25, 0.3) is 11.3 Å². The van der Waals surface area contributed by atoms with Crippen molar-refractivity contribution in [3.05, 3.63) is 90.1 Å². The van der Waals surface area contributed by atoms with Crippen molar-refractivity contribution < 1.29 is 4.79 Å². The van der Waals surface area contributed by atoms with Crippen LogP contribution in [0.15, 0.2) is 79.0 Å². The first kappa shape index (κ1) is 18.2. The smallest absolute Gasteiger partial charge is 0.220 e. The molecule has 28 heavy (non-hydrogen) atoms. The van der Waals surface area contributed by atoms with Crippen molar-refractivity contribution in [2.75, 3.05) is 0 Å². The number of nitrogens with zero attached hydrogens (tertiary/aromatic N) is 2. The standard InChI is InChI=1S/C24H25N3O/c28-23(15-19-9-7-8-10-19)25-16-22-18-27(17-20-11-3-1-4-12-20)26-24(22)21-13-5-2-6-14-21/h1-7,9,11-14,18-19H,8,10,15-17H2,(H,25,28). The molecule has 0 fully saturated rings. The molecular weight excluding hydrogens is 346 g/mol. The van der Waals surface area contributed by atoms with Gasteiger partial charge >= 0.3 is 0 Å². The number of aromatic nitrogens is 2. The Morgan fingerprint density at radius 3 is 2.54 bits per heavy atom. The van der Waals surface area contributed by atoms with E-state index in [0.29, 0.717) is 25.4 Å². The Labute approximate surface area is 165 Å². The number of nitrogens with one attached hydrogen (secondary N) is 1. The second-order valence-corrected chi connectivity index (χ2v) is 7.30. The van der Waals surface area contributed by atoms with Gasteiger partial charge < -0.3 is 5.32 Å². The molecule has 142 valence electrons. The Morgan fingerprint density at radius 1 is 1.07 bits per heavy atom. The first-order chi connectivity index (χ1) is 13.8. The van der Waals surface area contributed by atoms with E-state index < -0.39 is 0 Å². The zero-order valence-corrected chi connectivity index (χ0v) is 15.9. The van der Waals surface area contributed by atoms with Crippen molar-refractivity contribution >= 4 is 5.91 Å². The lowest BCUT2D eigenvalue weighted by molar-refractivity contribution is -0.121. The molecule has 1 aliphatic rings. The van der Waals surface area contributed by atoms with Gasteiger partial charge in [0.25, 0.3) is 0 Å². The summed E-state index contributed by atoms with van der Waals surface area (Å²) in [6, 6.07) is 20.4. The molecule has 1 unspecified atom stereocenters. The van der Waals surface area contributed by atoms with Gasteiger partial charge in [-0.1, -0.05) is 72.8 Å². The molecule has 4 nitrogen and oxygen atoms in total. The van der Waals surface area contributed by atoms with E-state index in [1.54, 1.807) is 0 Å². The van der Waals surface area contributed by atoms with Gasteiger partial charge in [0.2, 0.25) is 5.91 Å². The minimum absolute atomic E-state index is 0.103. The number of rotatable bonds is 7. The minimum Gasteiger partial charge on any atom is -0.352 e. The Balaban J connectivity index is 1.50. The molecule has 4 heteroatoms. The quantitative estimate of drug-likeness (QED) is 0.619. The normalized spacial score (nSPS) is 15.6. The van der Waals surface area contributed by atoms with Crippen LogP contribution in [-0.2, 0) is 17.9 Å². The first-order valence-corrected chi connectivity index (χ1v) is 9.87. The molecule has 1 amide bonds. The number of carbonyl (C=O) groups excluding carboxylic acids is 1. The molecule has 1 aliphatic carbocycles. The number of hydrogen-bond acceptors (Lipinski definition) is 2. The maximum atomic E-state index is 12.3. The van der Waals surface area contributed by atoms with Gasteiger partial charge in [0, 0.05) is 30.3 Å². The van der Waals surface area contributed by atoms with Gasteiger partial charge in [-0.3, -0.25) is 9.48 Å². The van der Waals surface area contributed by atoms with Crippen LogP contribution in [0.3, 0.4) is 0 Å². The molecule has 0 spiro atoms. The van der Waals surface area contributed by atoms with Crippen molar-refractivity contribution in [3.63, 3.8) is 0 Å². The van der Waals surface area contributed by atoms with Crippen molar-refractivity contribution in [1.29, 1.82) is 0 Å². The van der Waals surface area contributed by atoms with Crippen molar-refractivity contribution in [1.82, 2.24) is 15.1 Å². The topological polar surface area (TPSA) is 46.9 Å². The third kappa shape index (κ3) is 4.58. The van der Waals surface area contributed by atoms with Crippen LogP contribution < -0.4 is 5.32 Å². The second-order valence-electron chi connectivity index (χ2n) is 7.30. The number of hydrogen-bond donors (Lipinski definition) is 1.